The Labute approximate surface area is 212 Å². The van der Waals surface area contributed by atoms with Crippen molar-refractivity contribution in [3.05, 3.63) is 41.1 Å². The molecule has 33 heavy (non-hydrogen) atoms. The number of methoxy groups -OCH3 is 1. The van der Waals surface area contributed by atoms with Gasteiger partial charge in [-0.05, 0) is 37.5 Å². The van der Waals surface area contributed by atoms with Crippen LogP contribution < -0.4 is 45.3 Å². The standard InChI is InChI=1S/C22H25N3O7.Na/c1-10(26)15-17-12-7-5-9-14(16(12)18(20(28)29)25(17)19(15)27)24-22(31)23-13-8-4-3-6-11(13)21(30)32-2;/h3-4,6,8,10,12,14-15,17,26H,5,7,9H2,1-2H3,(H,28,29)(H2,23,24,31);/q;+1/p-1/t10?,12-,14-,15+,17+;/m0./s1. The number of para-hydroxylation sites is 1. The zero-order chi connectivity index (χ0) is 23.2. The molecule has 1 aliphatic carbocycles. The van der Waals surface area contributed by atoms with Gasteiger partial charge in [0.15, 0.2) is 0 Å². The molecule has 2 heterocycles. The number of hydrogen-bond acceptors (Lipinski definition) is 7. The van der Waals surface area contributed by atoms with Crippen molar-refractivity contribution in [1.29, 1.82) is 0 Å². The number of rotatable bonds is 5. The maximum Gasteiger partial charge on any atom is 1.00 e. The van der Waals surface area contributed by atoms with Gasteiger partial charge in [-0.25, -0.2) is 9.59 Å². The molecule has 11 heteroatoms. The number of ether oxygens (including phenoxy) is 1. The summed E-state index contributed by atoms with van der Waals surface area (Å²) in [4.78, 5) is 50.4. The molecule has 170 valence electrons. The molecule has 0 aromatic heterocycles. The van der Waals surface area contributed by atoms with Gasteiger partial charge in [0.2, 0.25) is 5.91 Å². The molecule has 3 amide bonds. The number of carbonyl (C=O) groups excluding carboxylic acids is 4. The van der Waals surface area contributed by atoms with Crippen LogP contribution in [0.25, 0.3) is 0 Å². The van der Waals surface area contributed by atoms with Crippen LogP contribution in [0.15, 0.2) is 35.5 Å². The molecule has 1 saturated heterocycles. The summed E-state index contributed by atoms with van der Waals surface area (Å²) < 4.78 is 4.73. The Morgan fingerprint density at radius 3 is 2.58 bits per heavy atom. The summed E-state index contributed by atoms with van der Waals surface area (Å²) in [5.74, 6) is -3.48. The number of aliphatic hydroxyl groups excluding tert-OH is 1. The van der Waals surface area contributed by atoms with Gasteiger partial charge in [0.25, 0.3) is 0 Å². The van der Waals surface area contributed by atoms with Crippen LogP contribution in [0.4, 0.5) is 10.5 Å². The number of nitrogens with one attached hydrogen (secondary N) is 2. The van der Waals surface area contributed by atoms with Crippen molar-refractivity contribution in [2.45, 2.75) is 44.4 Å². The van der Waals surface area contributed by atoms with Gasteiger partial charge < -0.3 is 35.3 Å². The third-order valence-corrected chi connectivity index (χ3v) is 6.50. The zero-order valence-electron chi connectivity index (χ0n) is 18.7. The van der Waals surface area contributed by atoms with Crippen molar-refractivity contribution < 1.29 is 63.7 Å². The predicted octanol–water partition coefficient (Wildman–Crippen LogP) is -3.01. The minimum absolute atomic E-state index is 0. The summed E-state index contributed by atoms with van der Waals surface area (Å²) in [6.45, 7) is 1.52. The van der Waals surface area contributed by atoms with Gasteiger partial charge in [-0.3, -0.25) is 4.79 Å². The SMILES string of the molecule is COC(=O)c1ccccc1NC(=O)N[C@H]1CCC[C@H]2C1=C(C(=O)[O-])N1C(=O)[C@H](C(C)O)[C@@H]21.[Na+]. The first-order valence-corrected chi connectivity index (χ1v) is 10.5. The van der Waals surface area contributed by atoms with E-state index in [4.69, 9.17) is 4.74 Å². The number of nitrogens with zero attached hydrogens (tertiary/aromatic N) is 1. The smallest absolute Gasteiger partial charge is 0.543 e. The molecule has 1 unspecified atom stereocenters. The van der Waals surface area contributed by atoms with E-state index in [-0.39, 0.29) is 52.4 Å². The van der Waals surface area contributed by atoms with Crippen LogP contribution in [0, 0.1) is 11.8 Å². The van der Waals surface area contributed by atoms with Crippen molar-refractivity contribution in [1.82, 2.24) is 10.2 Å². The molecule has 0 spiro atoms. The van der Waals surface area contributed by atoms with Gasteiger partial charge in [0.05, 0.1) is 54.1 Å². The number of hydrogen-bond donors (Lipinski definition) is 3. The van der Waals surface area contributed by atoms with E-state index in [9.17, 15) is 29.4 Å². The molecule has 3 N–H and O–H groups in total. The van der Waals surface area contributed by atoms with Crippen LogP contribution in [-0.4, -0.2) is 59.2 Å². The van der Waals surface area contributed by atoms with Gasteiger partial charge >= 0.3 is 41.6 Å². The van der Waals surface area contributed by atoms with Crippen molar-refractivity contribution >= 4 is 29.6 Å². The van der Waals surface area contributed by atoms with E-state index >= 15 is 0 Å². The zero-order valence-corrected chi connectivity index (χ0v) is 20.7. The number of aliphatic hydroxyl groups is 1. The van der Waals surface area contributed by atoms with Crippen LogP contribution in [-0.2, 0) is 14.3 Å². The average Bonchev–Trinajstić information content (AvgIpc) is 3.05. The third kappa shape index (κ3) is 4.28. The summed E-state index contributed by atoms with van der Waals surface area (Å²) in [6.07, 6.45) is 0.943. The van der Waals surface area contributed by atoms with Crippen LogP contribution in [0.2, 0.25) is 0 Å². The molecule has 3 aliphatic rings. The molecule has 4 rings (SSSR count). The second-order valence-corrected chi connectivity index (χ2v) is 8.28. The van der Waals surface area contributed by atoms with E-state index in [1.165, 1.54) is 25.0 Å². The maximum absolute atomic E-state index is 12.7. The van der Waals surface area contributed by atoms with Gasteiger partial charge in [-0.1, -0.05) is 18.6 Å². The van der Waals surface area contributed by atoms with Crippen LogP contribution in [0.5, 0.6) is 0 Å². The summed E-state index contributed by atoms with van der Waals surface area (Å²) >= 11 is 0. The number of aliphatic carboxylic acids is 1. The Kier molecular flexibility index (Phi) is 7.52. The minimum Gasteiger partial charge on any atom is -0.543 e. The van der Waals surface area contributed by atoms with Gasteiger partial charge in [0, 0.05) is 5.92 Å². The topological polar surface area (TPSA) is 148 Å². The largest absolute Gasteiger partial charge is 1.00 e. The minimum atomic E-state index is -1.48. The number of benzene rings is 1. The maximum atomic E-state index is 12.7. The van der Waals surface area contributed by atoms with Gasteiger partial charge in [-0.15, -0.1) is 0 Å². The predicted molar refractivity (Wildman–Crippen MR) is 109 cm³/mol. The van der Waals surface area contributed by atoms with Crippen LogP contribution in [0.3, 0.4) is 0 Å². The Hall–Kier alpha value is -2.40. The average molecular weight is 465 g/mol. The molecule has 10 nitrogen and oxygen atoms in total. The summed E-state index contributed by atoms with van der Waals surface area (Å²) in [6, 6.07) is 4.66. The van der Waals surface area contributed by atoms with E-state index in [0.29, 0.717) is 24.8 Å². The molecular weight excluding hydrogens is 441 g/mol. The first-order valence-electron chi connectivity index (χ1n) is 10.5. The number of anilines is 1. The molecule has 1 aromatic carbocycles. The number of amides is 3. The van der Waals surface area contributed by atoms with Crippen molar-refractivity contribution in [3.63, 3.8) is 0 Å². The Morgan fingerprint density at radius 1 is 1.24 bits per heavy atom. The Morgan fingerprint density at radius 2 is 1.94 bits per heavy atom. The van der Waals surface area contributed by atoms with E-state index in [0.717, 1.165) is 0 Å². The Balaban J connectivity index is 0.00000306. The summed E-state index contributed by atoms with van der Waals surface area (Å²) in [7, 11) is 1.24. The van der Waals surface area contributed by atoms with Crippen molar-refractivity contribution in [3.8, 4) is 0 Å². The first kappa shape index (κ1) is 25.2. The second-order valence-electron chi connectivity index (χ2n) is 8.28. The number of urea groups is 1. The molecule has 0 bridgehead atoms. The fourth-order valence-electron chi connectivity index (χ4n) is 5.22. The quantitative estimate of drug-likeness (QED) is 0.238. The molecule has 1 saturated carbocycles. The Bertz CT molecular complexity index is 1020. The van der Waals surface area contributed by atoms with Crippen molar-refractivity contribution in [2.75, 3.05) is 12.4 Å². The molecule has 2 fully saturated rings. The number of β-lactam (4-membered cyclic amide) rings is 1. The van der Waals surface area contributed by atoms with E-state index in [2.05, 4.69) is 10.6 Å². The molecule has 1 aromatic rings. The second kappa shape index (κ2) is 9.84. The van der Waals surface area contributed by atoms with E-state index < -0.39 is 48.0 Å². The number of carbonyl (C=O) groups is 4. The monoisotopic (exact) mass is 465 g/mol. The molecule has 0 radical (unpaired) electrons. The first-order chi connectivity index (χ1) is 15.3. The van der Waals surface area contributed by atoms with Crippen LogP contribution >= 0.6 is 0 Å². The number of carboxylic acid groups (broad SMARTS) is 1. The van der Waals surface area contributed by atoms with E-state index in [1.807, 2.05) is 0 Å². The van der Waals surface area contributed by atoms with Gasteiger partial charge in [-0.2, -0.15) is 0 Å². The van der Waals surface area contributed by atoms with E-state index in [1.54, 1.807) is 18.2 Å². The third-order valence-electron chi connectivity index (χ3n) is 6.50. The van der Waals surface area contributed by atoms with Crippen molar-refractivity contribution in [2.24, 2.45) is 11.8 Å². The van der Waals surface area contributed by atoms with Gasteiger partial charge in [0.1, 0.15) is 0 Å². The molecule has 5 atom stereocenters. The summed E-state index contributed by atoms with van der Waals surface area (Å²) in [5.41, 5.74) is 0.672. The molecule has 2 aliphatic heterocycles. The number of carboxylic acids is 1. The number of esters is 1. The number of fused-ring (bicyclic) bond motifs is 3. The fraction of sp³-hybridized carbons (Fsp3) is 0.455. The summed E-state index contributed by atoms with van der Waals surface area (Å²) in [5, 5.41) is 27.4. The molecular formula is C22H24N3NaO7. The normalized spacial score (nSPS) is 26.3. The van der Waals surface area contributed by atoms with Crippen LogP contribution in [0.1, 0.15) is 36.5 Å². The fourth-order valence-corrected chi connectivity index (χ4v) is 5.22.